The lowest BCUT2D eigenvalue weighted by atomic mass is 9.83. The monoisotopic (exact) mass is 225 g/mol. The van der Waals surface area contributed by atoms with E-state index < -0.39 is 0 Å². The fraction of sp³-hybridized carbons (Fsp3) is 0.923. The van der Waals surface area contributed by atoms with Crippen LogP contribution in [0.15, 0.2) is 0 Å². The Bertz CT molecular complexity index is 271. The first-order valence-electron chi connectivity index (χ1n) is 6.42. The van der Waals surface area contributed by atoms with Gasteiger partial charge in [-0.25, -0.2) is 0 Å². The number of rotatable bonds is 1. The zero-order valence-corrected chi connectivity index (χ0v) is 10.7. The van der Waals surface area contributed by atoms with Crippen molar-refractivity contribution in [2.24, 2.45) is 5.92 Å². The highest BCUT2D eigenvalue weighted by atomic mass is 16.5. The molecule has 3 atom stereocenters. The SMILES string of the molecule is CC1C(=O)CCN(C2(C)CCCOC2)C1C. The highest BCUT2D eigenvalue weighted by Gasteiger charge is 2.42. The van der Waals surface area contributed by atoms with Crippen LogP contribution in [0.25, 0.3) is 0 Å². The van der Waals surface area contributed by atoms with Gasteiger partial charge in [0, 0.05) is 37.1 Å². The normalized spacial score (nSPS) is 42.3. The maximum atomic E-state index is 11.7. The van der Waals surface area contributed by atoms with Crippen molar-refractivity contribution in [3.05, 3.63) is 0 Å². The summed E-state index contributed by atoms with van der Waals surface area (Å²) in [6.07, 6.45) is 3.04. The summed E-state index contributed by atoms with van der Waals surface area (Å²) in [5.41, 5.74) is 0.145. The Morgan fingerprint density at radius 2 is 2.19 bits per heavy atom. The highest BCUT2D eigenvalue weighted by molar-refractivity contribution is 5.82. The van der Waals surface area contributed by atoms with Crippen LogP contribution in [-0.4, -0.2) is 42.0 Å². The van der Waals surface area contributed by atoms with Crippen LogP contribution >= 0.6 is 0 Å². The third-order valence-electron chi connectivity index (χ3n) is 4.43. The average Bonchev–Trinajstić information content (AvgIpc) is 2.27. The molecule has 2 saturated heterocycles. The van der Waals surface area contributed by atoms with Crippen LogP contribution in [0.3, 0.4) is 0 Å². The van der Waals surface area contributed by atoms with Gasteiger partial charge in [0.25, 0.3) is 0 Å². The molecule has 0 radical (unpaired) electrons. The zero-order valence-electron chi connectivity index (χ0n) is 10.7. The third-order valence-corrected chi connectivity index (χ3v) is 4.43. The van der Waals surface area contributed by atoms with Gasteiger partial charge in [-0.3, -0.25) is 9.69 Å². The van der Waals surface area contributed by atoms with Crippen LogP contribution in [0.5, 0.6) is 0 Å². The summed E-state index contributed by atoms with van der Waals surface area (Å²) >= 11 is 0. The predicted molar refractivity (Wildman–Crippen MR) is 63.4 cm³/mol. The summed E-state index contributed by atoms with van der Waals surface area (Å²) < 4.78 is 5.62. The van der Waals surface area contributed by atoms with E-state index in [1.54, 1.807) is 0 Å². The first kappa shape index (κ1) is 12.1. The van der Waals surface area contributed by atoms with Gasteiger partial charge in [0.05, 0.1) is 6.61 Å². The van der Waals surface area contributed by atoms with Crippen LogP contribution in [0.4, 0.5) is 0 Å². The summed E-state index contributed by atoms with van der Waals surface area (Å²) in [6.45, 7) is 9.15. The fourth-order valence-corrected chi connectivity index (χ4v) is 3.11. The minimum atomic E-state index is 0.145. The minimum Gasteiger partial charge on any atom is -0.380 e. The molecule has 0 saturated carbocycles. The second-order valence-corrected chi connectivity index (χ2v) is 5.59. The summed E-state index contributed by atoms with van der Waals surface area (Å²) in [5, 5.41) is 0. The Hall–Kier alpha value is -0.410. The van der Waals surface area contributed by atoms with Gasteiger partial charge in [-0.2, -0.15) is 0 Å². The van der Waals surface area contributed by atoms with Gasteiger partial charge in [0.15, 0.2) is 0 Å². The molecule has 2 aliphatic rings. The van der Waals surface area contributed by atoms with Gasteiger partial charge in [-0.1, -0.05) is 6.92 Å². The van der Waals surface area contributed by atoms with Crippen molar-refractivity contribution in [3.63, 3.8) is 0 Å². The summed E-state index contributed by atoms with van der Waals surface area (Å²) in [5.74, 6) is 0.594. The smallest absolute Gasteiger partial charge is 0.138 e. The molecule has 0 spiro atoms. The number of nitrogens with zero attached hydrogens (tertiary/aromatic N) is 1. The van der Waals surface area contributed by atoms with Gasteiger partial charge in [-0.05, 0) is 26.7 Å². The fourth-order valence-electron chi connectivity index (χ4n) is 3.11. The van der Waals surface area contributed by atoms with Crippen molar-refractivity contribution in [2.45, 2.75) is 51.6 Å². The second-order valence-electron chi connectivity index (χ2n) is 5.59. The standard InChI is InChI=1S/C13H23NO2/c1-10-11(2)14(7-5-12(10)15)13(3)6-4-8-16-9-13/h10-11H,4-9H2,1-3H3. The zero-order chi connectivity index (χ0) is 11.8. The van der Waals surface area contributed by atoms with Crippen LogP contribution < -0.4 is 0 Å². The molecular weight excluding hydrogens is 202 g/mol. The Balaban J connectivity index is 2.11. The molecule has 2 aliphatic heterocycles. The number of ether oxygens (including phenoxy) is 1. The van der Waals surface area contributed by atoms with Gasteiger partial charge < -0.3 is 4.74 Å². The Morgan fingerprint density at radius 3 is 2.81 bits per heavy atom. The molecule has 3 unspecified atom stereocenters. The molecule has 2 fully saturated rings. The Kier molecular flexibility index (Phi) is 3.36. The van der Waals surface area contributed by atoms with Crippen molar-refractivity contribution < 1.29 is 9.53 Å². The number of hydrogen-bond acceptors (Lipinski definition) is 3. The van der Waals surface area contributed by atoms with Crippen molar-refractivity contribution in [1.29, 1.82) is 0 Å². The van der Waals surface area contributed by atoms with Crippen LogP contribution in [-0.2, 0) is 9.53 Å². The maximum absolute atomic E-state index is 11.7. The van der Waals surface area contributed by atoms with Crippen molar-refractivity contribution in [2.75, 3.05) is 19.8 Å². The molecule has 0 aromatic rings. The molecule has 0 N–H and O–H groups in total. The molecule has 3 heteroatoms. The summed E-state index contributed by atoms with van der Waals surface area (Å²) in [7, 11) is 0. The molecule has 2 rings (SSSR count). The van der Waals surface area contributed by atoms with Crippen LogP contribution in [0.2, 0.25) is 0 Å². The van der Waals surface area contributed by atoms with E-state index in [4.69, 9.17) is 4.74 Å². The Labute approximate surface area is 98.1 Å². The molecule has 2 heterocycles. The molecule has 16 heavy (non-hydrogen) atoms. The third kappa shape index (κ3) is 2.03. The lowest BCUT2D eigenvalue weighted by Gasteiger charge is -2.50. The number of carbonyl (C=O) groups excluding carboxylic acids is 1. The van der Waals surface area contributed by atoms with E-state index in [1.807, 2.05) is 0 Å². The quantitative estimate of drug-likeness (QED) is 0.682. The molecular formula is C13H23NO2. The number of piperidine rings is 1. The van der Waals surface area contributed by atoms with Gasteiger partial charge in [0.1, 0.15) is 5.78 Å². The van der Waals surface area contributed by atoms with Gasteiger partial charge in [-0.15, -0.1) is 0 Å². The van der Waals surface area contributed by atoms with E-state index in [-0.39, 0.29) is 11.5 Å². The predicted octanol–water partition coefficient (Wildman–Crippen LogP) is 1.85. The first-order chi connectivity index (χ1) is 7.54. The molecule has 0 aliphatic carbocycles. The Morgan fingerprint density at radius 1 is 1.44 bits per heavy atom. The molecule has 0 bridgehead atoms. The number of ketones is 1. The molecule has 0 aromatic heterocycles. The highest BCUT2D eigenvalue weighted by Crippen LogP contribution is 2.33. The lowest BCUT2D eigenvalue weighted by molar-refractivity contribution is -0.134. The average molecular weight is 225 g/mol. The first-order valence-corrected chi connectivity index (χ1v) is 6.42. The van der Waals surface area contributed by atoms with Crippen LogP contribution in [0.1, 0.15) is 40.0 Å². The number of hydrogen-bond donors (Lipinski definition) is 0. The lowest BCUT2D eigenvalue weighted by Crippen LogP contribution is -2.60. The second kappa shape index (κ2) is 4.46. The van der Waals surface area contributed by atoms with E-state index in [1.165, 1.54) is 6.42 Å². The van der Waals surface area contributed by atoms with Crippen molar-refractivity contribution in [1.82, 2.24) is 4.90 Å². The van der Waals surface area contributed by atoms with Gasteiger partial charge in [0.2, 0.25) is 0 Å². The molecule has 0 amide bonds. The molecule has 92 valence electrons. The maximum Gasteiger partial charge on any atom is 0.138 e. The van der Waals surface area contributed by atoms with E-state index >= 15 is 0 Å². The molecule has 0 aromatic carbocycles. The van der Waals surface area contributed by atoms with E-state index in [0.29, 0.717) is 18.2 Å². The summed E-state index contributed by atoms with van der Waals surface area (Å²) in [6, 6.07) is 0.355. The number of likely N-dealkylation sites (tertiary alicyclic amines) is 1. The van der Waals surface area contributed by atoms with Crippen molar-refractivity contribution in [3.8, 4) is 0 Å². The number of Topliss-reactive ketones (excluding diaryl/α,β-unsaturated/α-hetero) is 1. The van der Waals surface area contributed by atoms with E-state index in [0.717, 1.165) is 26.2 Å². The van der Waals surface area contributed by atoms with Crippen molar-refractivity contribution >= 4 is 5.78 Å². The number of carbonyl (C=O) groups is 1. The minimum absolute atomic E-state index is 0.145. The van der Waals surface area contributed by atoms with E-state index in [9.17, 15) is 4.79 Å². The van der Waals surface area contributed by atoms with Gasteiger partial charge >= 0.3 is 0 Å². The molecule has 3 nitrogen and oxygen atoms in total. The van der Waals surface area contributed by atoms with E-state index in [2.05, 4.69) is 25.7 Å². The largest absolute Gasteiger partial charge is 0.380 e. The van der Waals surface area contributed by atoms with Crippen LogP contribution in [0, 0.1) is 5.92 Å². The topological polar surface area (TPSA) is 29.5 Å². The summed E-state index contributed by atoms with van der Waals surface area (Å²) in [4.78, 5) is 14.2.